The molecule has 1 N–H and O–H groups in total. The first-order chi connectivity index (χ1) is 8.96. The monoisotopic (exact) mass is 264 g/mol. The van der Waals surface area contributed by atoms with E-state index in [-0.39, 0.29) is 10.6 Å². The third kappa shape index (κ3) is 4.01. The van der Waals surface area contributed by atoms with Crippen molar-refractivity contribution < 1.29 is 10.0 Å². The predicted molar refractivity (Wildman–Crippen MR) is 72.8 cm³/mol. The number of nitrogens with zero attached hydrogens (tertiary/aromatic N) is 2. The van der Waals surface area contributed by atoms with Crippen LogP contribution in [-0.2, 0) is 6.54 Å². The van der Waals surface area contributed by atoms with Crippen molar-refractivity contribution in [1.29, 1.82) is 0 Å². The summed E-state index contributed by atoms with van der Waals surface area (Å²) < 4.78 is 0. The Bertz CT molecular complexity index is 443. The molecule has 0 amide bonds. The molecule has 1 fully saturated rings. The molecular formula is C14H20N2O3. The number of non-ortho nitro benzene ring substituents is 1. The summed E-state index contributed by atoms with van der Waals surface area (Å²) in [5, 5.41) is 20.6. The summed E-state index contributed by atoms with van der Waals surface area (Å²) in [6.07, 6.45) is 2.60. The predicted octanol–water partition coefficient (Wildman–Crippen LogP) is 2.33. The van der Waals surface area contributed by atoms with Gasteiger partial charge in [-0.25, -0.2) is 0 Å². The van der Waals surface area contributed by atoms with E-state index >= 15 is 0 Å². The maximum atomic E-state index is 10.6. The van der Waals surface area contributed by atoms with Gasteiger partial charge >= 0.3 is 0 Å². The lowest BCUT2D eigenvalue weighted by atomic mass is 9.98. The largest absolute Gasteiger partial charge is 0.390 e. The van der Waals surface area contributed by atoms with Crippen LogP contribution in [0.25, 0.3) is 0 Å². The van der Waals surface area contributed by atoms with Crippen LogP contribution in [0.2, 0.25) is 0 Å². The van der Waals surface area contributed by atoms with E-state index in [4.69, 9.17) is 0 Å². The highest BCUT2D eigenvalue weighted by Crippen LogP contribution is 2.22. The Morgan fingerprint density at radius 2 is 2.00 bits per heavy atom. The summed E-state index contributed by atoms with van der Waals surface area (Å²) in [6, 6.07) is 6.70. The van der Waals surface area contributed by atoms with Gasteiger partial charge in [-0.05, 0) is 38.3 Å². The minimum atomic E-state index is -0.551. The fraction of sp³-hybridized carbons (Fsp3) is 0.571. The molecule has 0 saturated carbocycles. The van der Waals surface area contributed by atoms with E-state index in [0.717, 1.165) is 44.5 Å². The maximum absolute atomic E-state index is 10.6. The smallest absolute Gasteiger partial charge is 0.269 e. The molecule has 104 valence electrons. The highest BCUT2D eigenvalue weighted by molar-refractivity contribution is 5.32. The second kappa shape index (κ2) is 5.67. The average molecular weight is 264 g/mol. The lowest BCUT2D eigenvalue weighted by Gasteiger charge is -2.22. The average Bonchev–Trinajstić information content (AvgIpc) is 2.52. The van der Waals surface area contributed by atoms with Gasteiger partial charge in [0.05, 0.1) is 10.5 Å². The molecule has 0 radical (unpaired) electrons. The molecule has 0 aliphatic carbocycles. The van der Waals surface area contributed by atoms with E-state index < -0.39 is 5.60 Å². The van der Waals surface area contributed by atoms with Crippen LogP contribution in [0, 0.1) is 10.1 Å². The normalized spacial score (nSPS) is 24.9. The number of hydrogen-bond donors (Lipinski definition) is 1. The summed E-state index contributed by atoms with van der Waals surface area (Å²) >= 11 is 0. The molecule has 1 saturated heterocycles. The SMILES string of the molecule is CC1(O)CCCN(Cc2ccc([N+](=O)[O-])cc2)CC1. The summed E-state index contributed by atoms with van der Waals surface area (Å²) in [7, 11) is 0. The molecule has 5 heteroatoms. The standard InChI is InChI=1S/C14H20N2O3/c1-14(17)7-2-9-15(10-8-14)11-12-3-5-13(6-4-12)16(18)19/h3-6,17H,2,7-11H2,1H3. The molecule has 0 spiro atoms. The van der Waals surface area contributed by atoms with Crippen LogP contribution >= 0.6 is 0 Å². The Balaban J connectivity index is 1.95. The third-order valence-electron chi connectivity index (χ3n) is 3.71. The lowest BCUT2D eigenvalue weighted by Crippen LogP contribution is -2.28. The molecule has 2 rings (SSSR count). The molecule has 1 aliphatic rings. The minimum absolute atomic E-state index is 0.127. The van der Waals surface area contributed by atoms with Gasteiger partial charge in [0.25, 0.3) is 5.69 Å². The van der Waals surface area contributed by atoms with Crippen molar-refractivity contribution in [2.24, 2.45) is 0 Å². The maximum Gasteiger partial charge on any atom is 0.269 e. The van der Waals surface area contributed by atoms with Crippen molar-refractivity contribution in [3.8, 4) is 0 Å². The summed E-state index contributed by atoms with van der Waals surface area (Å²) in [5.74, 6) is 0. The van der Waals surface area contributed by atoms with Crippen LogP contribution in [0.5, 0.6) is 0 Å². The van der Waals surface area contributed by atoms with E-state index in [1.165, 1.54) is 0 Å². The lowest BCUT2D eigenvalue weighted by molar-refractivity contribution is -0.384. The van der Waals surface area contributed by atoms with Gasteiger partial charge < -0.3 is 5.11 Å². The Morgan fingerprint density at radius 1 is 1.32 bits per heavy atom. The van der Waals surface area contributed by atoms with Crippen molar-refractivity contribution in [2.75, 3.05) is 13.1 Å². The van der Waals surface area contributed by atoms with E-state index in [9.17, 15) is 15.2 Å². The molecule has 0 bridgehead atoms. The van der Waals surface area contributed by atoms with Gasteiger partial charge in [0.1, 0.15) is 0 Å². The number of nitro benzene ring substituents is 1. The zero-order valence-electron chi connectivity index (χ0n) is 11.2. The molecular weight excluding hydrogens is 244 g/mol. The highest BCUT2D eigenvalue weighted by atomic mass is 16.6. The number of rotatable bonds is 3. The second-order valence-electron chi connectivity index (χ2n) is 5.55. The van der Waals surface area contributed by atoms with E-state index in [1.807, 2.05) is 6.92 Å². The molecule has 1 aromatic carbocycles. The zero-order chi connectivity index (χ0) is 13.9. The van der Waals surface area contributed by atoms with Crippen LogP contribution in [-0.4, -0.2) is 33.6 Å². The first-order valence-corrected chi connectivity index (χ1v) is 6.64. The van der Waals surface area contributed by atoms with Crippen molar-refractivity contribution >= 4 is 5.69 Å². The Morgan fingerprint density at radius 3 is 2.63 bits per heavy atom. The van der Waals surface area contributed by atoms with Crippen LogP contribution in [0.3, 0.4) is 0 Å². The minimum Gasteiger partial charge on any atom is -0.390 e. The van der Waals surface area contributed by atoms with Crippen molar-refractivity contribution in [2.45, 2.75) is 38.3 Å². The van der Waals surface area contributed by atoms with Crippen LogP contribution in [0.4, 0.5) is 5.69 Å². The van der Waals surface area contributed by atoms with E-state index in [1.54, 1.807) is 24.3 Å². The molecule has 1 unspecified atom stereocenters. The summed E-state index contributed by atoms with van der Waals surface area (Å²) in [5.41, 5.74) is 0.652. The molecule has 1 aliphatic heterocycles. The highest BCUT2D eigenvalue weighted by Gasteiger charge is 2.24. The molecule has 19 heavy (non-hydrogen) atoms. The molecule has 1 aromatic rings. The van der Waals surface area contributed by atoms with Crippen molar-refractivity contribution in [3.63, 3.8) is 0 Å². The summed E-state index contributed by atoms with van der Waals surface area (Å²) in [4.78, 5) is 12.5. The first kappa shape index (κ1) is 14.0. The van der Waals surface area contributed by atoms with E-state index in [0.29, 0.717) is 0 Å². The topological polar surface area (TPSA) is 66.6 Å². The zero-order valence-corrected chi connectivity index (χ0v) is 11.2. The number of aliphatic hydroxyl groups is 1. The van der Waals surface area contributed by atoms with Gasteiger partial charge in [-0.1, -0.05) is 12.1 Å². The molecule has 1 heterocycles. The summed E-state index contributed by atoms with van der Waals surface area (Å²) in [6.45, 7) is 4.51. The molecule has 0 aromatic heterocycles. The van der Waals surface area contributed by atoms with Gasteiger partial charge in [-0.15, -0.1) is 0 Å². The van der Waals surface area contributed by atoms with Crippen molar-refractivity contribution in [3.05, 3.63) is 39.9 Å². The number of likely N-dealkylation sites (tertiary alicyclic amines) is 1. The van der Waals surface area contributed by atoms with Gasteiger partial charge in [-0.2, -0.15) is 0 Å². The Kier molecular flexibility index (Phi) is 4.17. The molecule has 1 atom stereocenters. The quantitative estimate of drug-likeness (QED) is 0.672. The van der Waals surface area contributed by atoms with Gasteiger partial charge in [0.15, 0.2) is 0 Å². The number of benzene rings is 1. The third-order valence-corrected chi connectivity index (χ3v) is 3.71. The fourth-order valence-electron chi connectivity index (χ4n) is 2.46. The number of nitro groups is 1. The van der Waals surface area contributed by atoms with Crippen LogP contribution in [0.1, 0.15) is 31.7 Å². The van der Waals surface area contributed by atoms with Crippen LogP contribution < -0.4 is 0 Å². The van der Waals surface area contributed by atoms with E-state index in [2.05, 4.69) is 4.90 Å². The van der Waals surface area contributed by atoms with Crippen LogP contribution in [0.15, 0.2) is 24.3 Å². The fourth-order valence-corrected chi connectivity index (χ4v) is 2.46. The van der Waals surface area contributed by atoms with Gasteiger partial charge in [0, 0.05) is 25.2 Å². The van der Waals surface area contributed by atoms with Gasteiger partial charge in [0.2, 0.25) is 0 Å². The molecule has 5 nitrogen and oxygen atoms in total. The Labute approximate surface area is 113 Å². The Hall–Kier alpha value is -1.46. The number of hydrogen-bond acceptors (Lipinski definition) is 4. The first-order valence-electron chi connectivity index (χ1n) is 6.64. The second-order valence-corrected chi connectivity index (χ2v) is 5.55. The van der Waals surface area contributed by atoms with Crippen molar-refractivity contribution in [1.82, 2.24) is 4.90 Å². The van der Waals surface area contributed by atoms with Gasteiger partial charge in [-0.3, -0.25) is 15.0 Å².